The van der Waals surface area contributed by atoms with E-state index in [2.05, 4.69) is 99.7 Å². The van der Waals surface area contributed by atoms with Crippen LogP contribution in [-0.2, 0) is 57.8 Å². The molecule has 23 nitrogen and oxygen atoms in total. The number of ether oxygens (including phenoxy) is 9. The summed E-state index contributed by atoms with van der Waals surface area (Å²) in [7, 11) is 0. The molecule has 0 saturated carbocycles. The van der Waals surface area contributed by atoms with Gasteiger partial charge in [-0.25, -0.2) is 0 Å². The maximum atomic E-state index is 9.99. The maximum absolute atomic E-state index is 9.99. The molecule has 0 amide bonds. The molecule has 7 rings (SSSR count). The third kappa shape index (κ3) is 19.1. The highest BCUT2D eigenvalue weighted by Gasteiger charge is 2.55. The lowest BCUT2D eigenvalue weighted by Crippen LogP contribution is -2.57. The summed E-state index contributed by atoms with van der Waals surface area (Å²) in [6.45, 7) is 20.5. The Bertz CT molecular complexity index is 1390. The second-order valence-corrected chi connectivity index (χ2v) is 28.1. The molecule has 7 fully saturated rings. The second-order valence-electron chi connectivity index (χ2n) is 18.4. The van der Waals surface area contributed by atoms with Crippen molar-refractivity contribution in [2.75, 3.05) is 0 Å². The molecule has 7 aliphatic heterocycles. The van der Waals surface area contributed by atoms with Gasteiger partial charge in [-0.1, -0.05) is 13.8 Å². The topological polar surface area (TPSA) is 322 Å². The van der Waals surface area contributed by atoms with Crippen LogP contribution in [0.5, 0.6) is 0 Å². The van der Waals surface area contributed by atoms with Crippen molar-refractivity contribution < 1.29 is 109 Å². The molecule has 7 saturated heterocycles. The lowest BCUT2D eigenvalue weighted by molar-refractivity contribution is -0.277. The van der Waals surface area contributed by atoms with Crippen molar-refractivity contribution in [3.63, 3.8) is 0 Å². The van der Waals surface area contributed by atoms with Crippen LogP contribution in [0.25, 0.3) is 0 Å². The molecule has 31 heteroatoms. The van der Waals surface area contributed by atoms with Gasteiger partial charge in [0.25, 0.3) is 0 Å². The smallest absolute Gasteiger partial charge is 0.470 e. The predicted octanol–water partition coefficient (Wildman–Crippen LogP) is -1.92. The Morgan fingerprint density at radius 2 is 0.652 bits per heavy atom. The Hall–Kier alpha value is 4.13. The van der Waals surface area contributed by atoms with Crippen LogP contribution in [0.3, 0.4) is 0 Å². The normalized spacial score (nSPS) is 47.3. The summed E-state index contributed by atoms with van der Waals surface area (Å²) in [6.07, 6.45) is -15.2. The van der Waals surface area contributed by atoms with E-state index in [1.165, 1.54) is 6.92 Å². The van der Waals surface area contributed by atoms with E-state index in [9.17, 15) is 30.6 Å². The van der Waals surface area contributed by atoms with Crippen LogP contribution in [0.15, 0.2) is 0 Å². The lowest BCUT2D eigenvalue weighted by Gasteiger charge is -2.40. The van der Waals surface area contributed by atoms with Crippen LogP contribution in [0.4, 0.5) is 0 Å². The Morgan fingerprint density at radius 1 is 0.333 bits per heavy atom. The first-order chi connectivity index (χ1) is 32.1. The van der Waals surface area contributed by atoms with Gasteiger partial charge in [0, 0.05) is 11.8 Å². The summed E-state index contributed by atoms with van der Waals surface area (Å²) in [6, 6.07) is 0. The Morgan fingerprint density at radius 3 is 1.13 bits per heavy atom. The number of halogens is 4. The largest absolute Gasteiger partial charge is 0.527 e. The average molecular weight is 1510 g/mol. The van der Waals surface area contributed by atoms with E-state index in [0.717, 1.165) is 0 Å². The molecule has 0 aromatic carbocycles. The first-order valence-electron chi connectivity index (χ1n) is 22.6. The van der Waals surface area contributed by atoms with Crippen LogP contribution in [0, 0.1) is 11.8 Å². The van der Waals surface area contributed by atoms with E-state index in [1.54, 1.807) is 6.92 Å². The SMILES string of the molecule is CC1OC(O)C(O)[C@@H](O)[C@H]1O.CC1O[C@@H]([O][AlH][I])C(O)[C@@H](O)[C@H]1C.CC1O[C@@H]([O][AlH][I])C(O)[C@@H](O)[C@H]1O.CC1O[C@@H]([O][AlH][I])C2OC(C)(C)O[C@H]2[C@H]1C.CC1O[C@@H]([O][AlH][I])C2OC(C)(C)O[C@H]2[C@H]1O. The summed E-state index contributed by atoms with van der Waals surface area (Å²) < 4.78 is 71.7. The predicted molar refractivity (Wildman–Crippen MR) is 283 cm³/mol. The highest BCUT2D eigenvalue weighted by atomic mass is 127. The molecule has 11 unspecified atom stereocenters. The van der Waals surface area contributed by atoms with Gasteiger partial charge in [-0.15, -0.1) is 0 Å². The lowest BCUT2D eigenvalue weighted by atomic mass is 9.92. The van der Waals surface area contributed by atoms with Gasteiger partial charge >= 0.3 is 49.1 Å². The van der Waals surface area contributed by atoms with E-state index >= 15 is 0 Å². The quantitative estimate of drug-likeness (QED) is 0.0936. The van der Waals surface area contributed by atoms with Gasteiger partial charge in [0.05, 0.1) is 42.7 Å². The number of rotatable bonds is 8. The van der Waals surface area contributed by atoms with E-state index in [-0.39, 0.29) is 54.9 Å². The molecule has 0 aromatic heterocycles. The average Bonchev–Trinajstić information content (AvgIpc) is 3.81. The summed E-state index contributed by atoms with van der Waals surface area (Å²) >= 11 is 6.28. The van der Waals surface area contributed by atoms with E-state index in [4.69, 9.17) is 73.5 Å². The molecule has 0 bridgehead atoms. The summed E-state index contributed by atoms with van der Waals surface area (Å²) in [5.74, 6) is -0.919. The van der Waals surface area contributed by atoms with Crippen LogP contribution in [0.2, 0.25) is 0 Å². The van der Waals surface area contributed by atoms with Crippen molar-refractivity contribution in [1.82, 2.24) is 0 Å². The van der Waals surface area contributed by atoms with Crippen molar-refractivity contribution >= 4 is 130 Å². The van der Waals surface area contributed by atoms with Crippen molar-refractivity contribution in [2.45, 2.75) is 229 Å². The fraction of sp³-hybridized carbons (Fsp3) is 1.00. The Labute approximate surface area is 474 Å². The summed E-state index contributed by atoms with van der Waals surface area (Å²) in [4.78, 5) is 0. The van der Waals surface area contributed by atoms with Gasteiger partial charge in [0.1, 0.15) is 67.1 Å². The molecule has 69 heavy (non-hydrogen) atoms. The second kappa shape index (κ2) is 31.2. The molecule has 0 aliphatic carbocycles. The van der Waals surface area contributed by atoms with Crippen LogP contribution in [-0.4, -0.2) is 253 Å². The Balaban J connectivity index is 0.000000230. The van der Waals surface area contributed by atoms with Gasteiger partial charge in [-0.05, 0) is 62.3 Å². The van der Waals surface area contributed by atoms with Crippen molar-refractivity contribution in [1.29, 1.82) is 0 Å². The van der Waals surface area contributed by atoms with Gasteiger partial charge < -0.3 is 109 Å². The molecule has 402 valence electrons. The van der Waals surface area contributed by atoms with E-state index in [0.29, 0.717) is 5.92 Å². The number of fused-ring (bicyclic) bond motifs is 2. The number of hydrogen-bond donors (Lipinski definition) is 10. The zero-order chi connectivity index (χ0) is 52.5. The van der Waals surface area contributed by atoms with Gasteiger partial charge in [-0.2, -0.15) is 81.1 Å². The molecule has 0 spiro atoms. The molecule has 0 radical (unpaired) electrons. The molecular formula is C38H72Al4I4O23. The highest BCUT2D eigenvalue weighted by molar-refractivity contribution is 14.1. The minimum atomic E-state index is -1.43. The number of aliphatic hydroxyl groups is 10. The van der Waals surface area contributed by atoms with E-state index < -0.39 is 153 Å². The summed E-state index contributed by atoms with van der Waals surface area (Å²) in [5.41, 5.74) is 0. The standard InChI is InChI=1S/C10H17O4.C9H15O5.C7H13O4.C6H12O5.C6H11O5.4Al.4HI.4H/c1-5-6(2)12-9(11)8-7(5)13-10(3,4)14-8;1-4-5(10)6-7(8(11)12-4)14-9(2,3)13-6;1-3-4(2)11-7(10)6(9)5(3)8;2*1-2-3(7)4(8)5(9)6(10)11-2;;;;;;;;;;;;/h5-9H,1-4H3;4-8,10H,1-3H3;3-9H,1-2H3;2-10H,1H3;2-9H,1H3;;;;;4*1H;;;;/q3*-1;;-1;4*+2;;;;;;;;/p-4/t5-,6?,7-,8?,9+;4?,5-,6-,7?,8+;3-,4?,5-,6?,7+;2?,3-,4-,5?,6?;2?,3-,4-,5?,6+;;;;;;;;;;;;/m00000............/s1. The monoisotopic (exact) mass is 1510 g/mol. The highest BCUT2D eigenvalue weighted by Crippen LogP contribution is 2.41. The fourth-order valence-corrected chi connectivity index (χ4v) is 13.9. The number of aliphatic hydroxyl groups excluding tert-OH is 10. The van der Waals surface area contributed by atoms with Gasteiger partial charge in [0.15, 0.2) is 43.0 Å². The first-order valence-corrected chi connectivity index (χ1v) is 45.3. The molecule has 25 atom stereocenters. The maximum Gasteiger partial charge on any atom is 0.527 e. The minimum absolute atomic E-state index is 0.0503. The first kappa shape index (κ1) is 67.4. The zero-order valence-electron chi connectivity index (χ0n) is 40.6. The molecule has 0 aromatic rings. The Kier molecular flexibility index (Phi) is 30.5. The molecule has 10 N–H and O–H groups in total. The zero-order valence-corrected chi connectivity index (χ0v) is 54.8. The van der Waals surface area contributed by atoms with Crippen molar-refractivity contribution in [2.24, 2.45) is 11.8 Å². The van der Waals surface area contributed by atoms with Crippen LogP contribution in [0.1, 0.15) is 76.2 Å². The third-order valence-corrected chi connectivity index (χ3v) is 18.6. The van der Waals surface area contributed by atoms with Gasteiger partial charge in [0.2, 0.25) is 0 Å². The number of hydrogen-bond acceptors (Lipinski definition) is 23. The van der Waals surface area contributed by atoms with Crippen LogP contribution >= 0.6 is 81.1 Å². The minimum Gasteiger partial charge on any atom is -0.470 e. The summed E-state index contributed by atoms with van der Waals surface area (Å²) in [5, 5.41) is 93.3. The molecular weight excluding hydrogens is 1440 g/mol. The van der Waals surface area contributed by atoms with Crippen LogP contribution < -0.4 is 0 Å². The van der Waals surface area contributed by atoms with Crippen molar-refractivity contribution in [3.8, 4) is 0 Å². The molecule has 7 heterocycles. The molecule has 7 aliphatic rings. The third-order valence-electron chi connectivity index (χ3n) is 12.4. The van der Waals surface area contributed by atoms with Gasteiger partial charge in [-0.3, -0.25) is 0 Å². The van der Waals surface area contributed by atoms with E-state index in [1.807, 2.05) is 48.5 Å². The van der Waals surface area contributed by atoms with Crippen molar-refractivity contribution in [3.05, 3.63) is 0 Å². The fourth-order valence-electron chi connectivity index (χ4n) is 8.04.